The molecule has 1 aromatic rings. The van der Waals surface area contributed by atoms with E-state index in [0.29, 0.717) is 6.04 Å². The molecule has 3 heterocycles. The molecule has 1 atom stereocenters. The fourth-order valence-corrected chi connectivity index (χ4v) is 3.06. The lowest BCUT2D eigenvalue weighted by Crippen LogP contribution is -2.55. The van der Waals surface area contributed by atoms with E-state index in [9.17, 15) is 4.79 Å². The molecule has 102 valence electrons. The molecule has 2 fully saturated rings. The van der Waals surface area contributed by atoms with Crippen LogP contribution < -0.4 is 4.90 Å². The first-order valence-corrected chi connectivity index (χ1v) is 6.92. The monoisotopic (exact) mass is 261 g/mol. The Kier molecular flexibility index (Phi) is 3.38. The fraction of sp³-hybridized carbons (Fsp3) is 0.571. The maximum Gasteiger partial charge on any atom is 0.337 e. The van der Waals surface area contributed by atoms with Crippen LogP contribution in [-0.4, -0.2) is 53.2 Å². The van der Waals surface area contributed by atoms with Crippen LogP contribution in [0.15, 0.2) is 18.3 Å². The summed E-state index contributed by atoms with van der Waals surface area (Å²) in [5.41, 5.74) is 0.250. The number of nitrogens with zero attached hydrogens (tertiary/aromatic N) is 3. The molecule has 0 amide bonds. The number of anilines is 1. The second kappa shape index (κ2) is 5.17. The van der Waals surface area contributed by atoms with E-state index in [-0.39, 0.29) is 5.56 Å². The SMILES string of the molecule is O=C(O)c1ccc(N2CCN3CCCCC3C2)nc1. The number of rotatable bonds is 2. The highest BCUT2D eigenvalue weighted by Gasteiger charge is 2.29. The van der Waals surface area contributed by atoms with Gasteiger partial charge in [-0.15, -0.1) is 0 Å². The zero-order valence-electron chi connectivity index (χ0n) is 11.0. The molecule has 2 aliphatic heterocycles. The number of pyridine rings is 1. The van der Waals surface area contributed by atoms with Crippen LogP contribution in [0.4, 0.5) is 5.82 Å². The third-order valence-electron chi connectivity index (χ3n) is 4.16. The predicted molar refractivity (Wildman–Crippen MR) is 72.6 cm³/mol. The molecule has 0 spiro atoms. The molecule has 2 aliphatic rings. The average molecular weight is 261 g/mol. The number of piperidine rings is 1. The fourth-order valence-electron chi connectivity index (χ4n) is 3.06. The summed E-state index contributed by atoms with van der Waals surface area (Å²) >= 11 is 0. The van der Waals surface area contributed by atoms with Crippen molar-refractivity contribution in [2.75, 3.05) is 31.1 Å². The number of piperazine rings is 1. The average Bonchev–Trinajstić information content (AvgIpc) is 2.47. The molecule has 0 aliphatic carbocycles. The van der Waals surface area contributed by atoms with Gasteiger partial charge in [-0.1, -0.05) is 6.42 Å². The lowest BCUT2D eigenvalue weighted by molar-refractivity contribution is 0.0696. The molecule has 2 saturated heterocycles. The number of carboxylic acid groups (broad SMARTS) is 1. The summed E-state index contributed by atoms with van der Waals surface area (Å²) in [5, 5.41) is 8.88. The van der Waals surface area contributed by atoms with Crippen LogP contribution in [0, 0.1) is 0 Å². The number of aromatic carboxylic acids is 1. The largest absolute Gasteiger partial charge is 0.478 e. The number of hydrogen-bond donors (Lipinski definition) is 1. The van der Waals surface area contributed by atoms with Gasteiger partial charge in [-0.05, 0) is 31.5 Å². The number of carbonyl (C=O) groups is 1. The molecule has 1 aromatic heterocycles. The lowest BCUT2D eigenvalue weighted by Gasteiger charge is -2.44. The van der Waals surface area contributed by atoms with E-state index in [2.05, 4.69) is 14.8 Å². The van der Waals surface area contributed by atoms with Crippen molar-refractivity contribution in [3.63, 3.8) is 0 Å². The molecule has 1 N–H and O–H groups in total. The number of hydrogen-bond acceptors (Lipinski definition) is 4. The molecule has 5 heteroatoms. The molecule has 0 aromatic carbocycles. The summed E-state index contributed by atoms with van der Waals surface area (Å²) in [5.74, 6) is -0.0219. The Morgan fingerprint density at radius 3 is 2.89 bits per heavy atom. The summed E-state index contributed by atoms with van der Waals surface area (Å²) in [4.78, 5) is 20.0. The standard InChI is InChI=1S/C14H19N3O2/c18-14(19)11-4-5-13(15-9-11)17-8-7-16-6-2-1-3-12(16)10-17/h4-5,9,12H,1-3,6-8,10H2,(H,18,19). The maximum absolute atomic E-state index is 10.8. The van der Waals surface area contributed by atoms with Crippen molar-refractivity contribution in [1.29, 1.82) is 0 Å². The van der Waals surface area contributed by atoms with Gasteiger partial charge >= 0.3 is 5.97 Å². The highest BCUT2D eigenvalue weighted by Crippen LogP contribution is 2.23. The molecule has 3 rings (SSSR count). The predicted octanol–water partition coefficient (Wildman–Crippen LogP) is 1.45. The molecule has 0 bridgehead atoms. The van der Waals surface area contributed by atoms with Gasteiger partial charge in [-0.25, -0.2) is 9.78 Å². The Morgan fingerprint density at radius 2 is 2.16 bits per heavy atom. The van der Waals surface area contributed by atoms with E-state index >= 15 is 0 Å². The first-order chi connectivity index (χ1) is 9.24. The van der Waals surface area contributed by atoms with Gasteiger partial charge in [0.2, 0.25) is 0 Å². The minimum Gasteiger partial charge on any atom is -0.478 e. The van der Waals surface area contributed by atoms with E-state index in [4.69, 9.17) is 5.11 Å². The summed E-state index contributed by atoms with van der Waals surface area (Å²) < 4.78 is 0. The second-order valence-corrected chi connectivity index (χ2v) is 5.34. The van der Waals surface area contributed by atoms with Crippen LogP contribution in [0.25, 0.3) is 0 Å². The highest BCUT2D eigenvalue weighted by atomic mass is 16.4. The van der Waals surface area contributed by atoms with Crippen LogP contribution >= 0.6 is 0 Å². The highest BCUT2D eigenvalue weighted by molar-refractivity contribution is 5.87. The molecule has 0 radical (unpaired) electrons. The summed E-state index contributed by atoms with van der Waals surface area (Å²) in [6, 6.07) is 4.10. The number of aromatic nitrogens is 1. The topological polar surface area (TPSA) is 56.7 Å². The minimum atomic E-state index is -0.920. The summed E-state index contributed by atoms with van der Waals surface area (Å²) in [6.07, 6.45) is 5.36. The smallest absolute Gasteiger partial charge is 0.337 e. The second-order valence-electron chi connectivity index (χ2n) is 5.34. The summed E-state index contributed by atoms with van der Waals surface area (Å²) in [6.45, 7) is 4.31. The van der Waals surface area contributed by atoms with E-state index in [1.165, 1.54) is 32.0 Å². The van der Waals surface area contributed by atoms with Crippen LogP contribution in [0.3, 0.4) is 0 Å². The third-order valence-corrected chi connectivity index (χ3v) is 4.16. The van der Waals surface area contributed by atoms with Gasteiger partial charge in [-0.3, -0.25) is 4.90 Å². The van der Waals surface area contributed by atoms with E-state index in [0.717, 1.165) is 25.5 Å². The molecular formula is C14H19N3O2. The van der Waals surface area contributed by atoms with E-state index in [1.807, 2.05) is 6.07 Å². The maximum atomic E-state index is 10.8. The Bertz CT molecular complexity index is 460. The van der Waals surface area contributed by atoms with Crippen molar-refractivity contribution in [3.8, 4) is 0 Å². The van der Waals surface area contributed by atoms with Crippen molar-refractivity contribution < 1.29 is 9.90 Å². The van der Waals surface area contributed by atoms with Crippen molar-refractivity contribution in [3.05, 3.63) is 23.9 Å². The molecule has 0 saturated carbocycles. The first kappa shape index (κ1) is 12.4. The van der Waals surface area contributed by atoms with Gasteiger partial charge in [0.15, 0.2) is 0 Å². The van der Waals surface area contributed by atoms with Gasteiger partial charge < -0.3 is 10.0 Å². The molecule has 5 nitrogen and oxygen atoms in total. The van der Waals surface area contributed by atoms with Gasteiger partial charge in [0.1, 0.15) is 5.82 Å². The molecular weight excluding hydrogens is 242 g/mol. The Hall–Kier alpha value is -1.62. The van der Waals surface area contributed by atoms with Gasteiger partial charge in [0.05, 0.1) is 5.56 Å². The van der Waals surface area contributed by atoms with Gasteiger partial charge in [-0.2, -0.15) is 0 Å². The first-order valence-electron chi connectivity index (χ1n) is 6.92. The van der Waals surface area contributed by atoms with Crippen LogP contribution in [0.5, 0.6) is 0 Å². The number of carboxylic acids is 1. The van der Waals surface area contributed by atoms with Crippen molar-refractivity contribution in [1.82, 2.24) is 9.88 Å². The van der Waals surface area contributed by atoms with E-state index in [1.54, 1.807) is 6.07 Å². The number of fused-ring (bicyclic) bond motifs is 1. The van der Waals surface area contributed by atoms with Crippen LogP contribution in [0.1, 0.15) is 29.6 Å². The Balaban J connectivity index is 1.70. The normalized spacial score (nSPS) is 24.0. The Morgan fingerprint density at radius 1 is 1.26 bits per heavy atom. The van der Waals surface area contributed by atoms with Gasteiger partial charge in [0, 0.05) is 31.9 Å². The van der Waals surface area contributed by atoms with Crippen molar-refractivity contribution >= 4 is 11.8 Å². The third kappa shape index (κ3) is 2.56. The minimum absolute atomic E-state index is 0.250. The van der Waals surface area contributed by atoms with E-state index < -0.39 is 5.97 Å². The zero-order valence-corrected chi connectivity index (χ0v) is 11.0. The molecule has 1 unspecified atom stereocenters. The molecule has 19 heavy (non-hydrogen) atoms. The van der Waals surface area contributed by atoms with Crippen molar-refractivity contribution in [2.45, 2.75) is 25.3 Å². The quantitative estimate of drug-likeness (QED) is 0.873. The Labute approximate surface area is 112 Å². The zero-order chi connectivity index (χ0) is 13.2. The summed E-state index contributed by atoms with van der Waals surface area (Å²) in [7, 11) is 0. The van der Waals surface area contributed by atoms with Crippen LogP contribution in [-0.2, 0) is 0 Å². The van der Waals surface area contributed by atoms with Crippen LogP contribution in [0.2, 0.25) is 0 Å². The van der Waals surface area contributed by atoms with Gasteiger partial charge in [0.25, 0.3) is 0 Å². The van der Waals surface area contributed by atoms with Crippen molar-refractivity contribution in [2.24, 2.45) is 0 Å². The lowest BCUT2D eigenvalue weighted by atomic mass is 9.99.